The molecule has 0 saturated heterocycles. The van der Waals surface area contributed by atoms with E-state index in [1.807, 2.05) is 65.0 Å². The lowest BCUT2D eigenvalue weighted by atomic mass is 10.1. The molecule has 0 aromatic heterocycles. The normalized spacial score (nSPS) is 12.0. The van der Waals surface area contributed by atoms with Crippen molar-refractivity contribution in [3.63, 3.8) is 0 Å². The summed E-state index contributed by atoms with van der Waals surface area (Å²) in [4.78, 5) is 29.0. The SMILES string of the molecule is CCCCNC(=O)C(CC)N(Cc1ccc(C)cc1)C(=O)CN(c1cccc(C)c1)S(=O)(=O)c1ccc(C)cc1. The van der Waals surface area contributed by atoms with Gasteiger partial charge < -0.3 is 10.2 Å². The fourth-order valence-corrected chi connectivity index (χ4v) is 5.87. The van der Waals surface area contributed by atoms with Gasteiger partial charge in [-0.05, 0) is 69.0 Å². The highest BCUT2D eigenvalue weighted by molar-refractivity contribution is 7.92. The summed E-state index contributed by atoms with van der Waals surface area (Å²) in [7, 11) is -4.08. The maximum Gasteiger partial charge on any atom is 0.264 e. The number of carbonyl (C=O) groups is 2. The molecule has 0 heterocycles. The lowest BCUT2D eigenvalue weighted by molar-refractivity contribution is -0.140. The molecule has 1 atom stereocenters. The van der Waals surface area contributed by atoms with E-state index in [2.05, 4.69) is 5.32 Å². The van der Waals surface area contributed by atoms with Crippen LogP contribution in [0.25, 0.3) is 0 Å². The van der Waals surface area contributed by atoms with Gasteiger partial charge in [0.05, 0.1) is 10.6 Å². The maximum absolute atomic E-state index is 14.1. The molecule has 1 N–H and O–H groups in total. The van der Waals surface area contributed by atoms with Crippen LogP contribution in [0.3, 0.4) is 0 Å². The summed E-state index contributed by atoms with van der Waals surface area (Å²) < 4.78 is 29.0. The minimum atomic E-state index is -4.08. The highest BCUT2D eigenvalue weighted by Crippen LogP contribution is 2.26. The monoisotopic (exact) mass is 563 g/mol. The van der Waals surface area contributed by atoms with Gasteiger partial charge in [-0.2, -0.15) is 0 Å². The van der Waals surface area contributed by atoms with Crippen molar-refractivity contribution in [1.82, 2.24) is 10.2 Å². The van der Waals surface area contributed by atoms with Gasteiger partial charge in [0.1, 0.15) is 12.6 Å². The molecule has 3 aromatic carbocycles. The maximum atomic E-state index is 14.1. The predicted molar refractivity (Wildman–Crippen MR) is 161 cm³/mol. The standard InChI is InChI=1S/C32H41N3O4S/c1-6-8-20-33-32(37)30(7-2)34(22-27-16-12-24(3)13-17-27)31(36)23-35(28-11-9-10-26(5)21-28)40(38,39)29-18-14-25(4)15-19-29/h9-19,21,30H,6-8,20,22-23H2,1-5H3,(H,33,37). The first-order valence-electron chi connectivity index (χ1n) is 13.9. The molecule has 0 spiro atoms. The minimum Gasteiger partial charge on any atom is -0.354 e. The number of aryl methyl sites for hydroxylation is 3. The zero-order valence-corrected chi connectivity index (χ0v) is 25.0. The average Bonchev–Trinajstić information content (AvgIpc) is 2.93. The van der Waals surface area contributed by atoms with Crippen LogP contribution < -0.4 is 9.62 Å². The summed E-state index contributed by atoms with van der Waals surface area (Å²) >= 11 is 0. The first-order valence-corrected chi connectivity index (χ1v) is 15.3. The van der Waals surface area contributed by atoms with Crippen LogP contribution in [-0.2, 0) is 26.2 Å². The number of unbranched alkanes of at least 4 members (excludes halogenated alkanes) is 1. The molecule has 2 amide bonds. The molecule has 0 aliphatic rings. The molecule has 0 aliphatic heterocycles. The number of nitrogens with zero attached hydrogens (tertiary/aromatic N) is 2. The first kappa shape index (κ1) is 30.9. The Morgan fingerprint density at radius 3 is 2.05 bits per heavy atom. The van der Waals surface area contributed by atoms with Crippen LogP contribution in [0.1, 0.15) is 55.4 Å². The van der Waals surface area contributed by atoms with Crippen LogP contribution in [0.5, 0.6) is 0 Å². The summed E-state index contributed by atoms with van der Waals surface area (Å²) in [5, 5.41) is 2.95. The van der Waals surface area contributed by atoms with Crippen LogP contribution >= 0.6 is 0 Å². The van der Waals surface area contributed by atoms with Crippen LogP contribution in [0, 0.1) is 20.8 Å². The molecule has 214 valence electrons. The van der Waals surface area contributed by atoms with Gasteiger partial charge in [-0.3, -0.25) is 13.9 Å². The van der Waals surface area contributed by atoms with Gasteiger partial charge in [-0.1, -0.05) is 79.9 Å². The number of carbonyl (C=O) groups excluding carboxylic acids is 2. The minimum absolute atomic E-state index is 0.0989. The molecule has 0 fully saturated rings. The van der Waals surface area contributed by atoms with Crippen LogP contribution in [0.2, 0.25) is 0 Å². The number of hydrogen-bond acceptors (Lipinski definition) is 4. The van der Waals surface area contributed by atoms with Crippen molar-refractivity contribution in [3.8, 4) is 0 Å². The topological polar surface area (TPSA) is 86.8 Å². The van der Waals surface area contributed by atoms with E-state index in [0.717, 1.165) is 39.4 Å². The lowest BCUT2D eigenvalue weighted by Crippen LogP contribution is -2.52. The Kier molecular flexibility index (Phi) is 10.9. The van der Waals surface area contributed by atoms with Crippen molar-refractivity contribution in [2.45, 2.75) is 71.4 Å². The van der Waals surface area contributed by atoms with Gasteiger partial charge in [0.15, 0.2) is 0 Å². The third-order valence-corrected chi connectivity index (χ3v) is 8.65. The Labute approximate surface area is 239 Å². The van der Waals surface area contributed by atoms with E-state index in [1.54, 1.807) is 42.5 Å². The Morgan fingerprint density at radius 2 is 1.48 bits per heavy atom. The third kappa shape index (κ3) is 7.94. The summed E-state index contributed by atoms with van der Waals surface area (Å²) in [6.45, 7) is 9.92. The van der Waals surface area contributed by atoms with E-state index in [-0.39, 0.29) is 17.3 Å². The molecule has 8 heteroatoms. The number of hydrogen-bond donors (Lipinski definition) is 1. The molecule has 3 rings (SSSR count). The van der Waals surface area contributed by atoms with Crippen molar-refractivity contribution in [2.24, 2.45) is 0 Å². The third-order valence-electron chi connectivity index (χ3n) is 6.87. The van der Waals surface area contributed by atoms with Crippen molar-refractivity contribution in [1.29, 1.82) is 0 Å². The largest absolute Gasteiger partial charge is 0.354 e. The molecule has 0 bridgehead atoms. The number of amides is 2. The lowest BCUT2D eigenvalue weighted by Gasteiger charge is -2.33. The average molecular weight is 564 g/mol. The molecule has 3 aromatic rings. The van der Waals surface area contributed by atoms with Gasteiger partial charge in [0.2, 0.25) is 11.8 Å². The van der Waals surface area contributed by atoms with Gasteiger partial charge in [0.25, 0.3) is 10.0 Å². The molecule has 1 unspecified atom stereocenters. The summed E-state index contributed by atoms with van der Waals surface area (Å²) in [6, 6.07) is 20.7. The summed E-state index contributed by atoms with van der Waals surface area (Å²) in [6.07, 6.45) is 2.17. The summed E-state index contributed by atoms with van der Waals surface area (Å²) in [5.41, 5.74) is 4.14. The second-order valence-corrected chi connectivity index (χ2v) is 12.1. The van der Waals surface area contributed by atoms with E-state index >= 15 is 0 Å². The molecule has 0 radical (unpaired) electrons. The first-order chi connectivity index (χ1) is 19.1. The molecule has 0 aliphatic carbocycles. The van der Waals surface area contributed by atoms with E-state index < -0.39 is 28.5 Å². The second-order valence-electron chi connectivity index (χ2n) is 10.2. The molecular weight excluding hydrogens is 522 g/mol. The quantitative estimate of drug-likeness (QED) is 0.277. The van der Waals surface area contributed by atoms with Gasteiger partial charge in [-0.15, -0.1) is 0 Å². The number of rotatable bonds is 13. The van der Waals surface area contributed by atoms with Gasteiger partial charge in [0, 0.05) is 13.1 Å². The summed E-state index contributed by atoms with van der Waals surface area (Å²) in [5.74, 6) is -0.685. The van der Waals surface area contributed by atoms with Gasteiger partial charge >= 0.3 is 0 Å². The van der Waals surface area contributed by atoms with E-state index in [4.69, 9.17) is 0 Å². The van der Waals surface area contributed by atoms with Crippen molar-refractivity contribution in [2.75, 3.05) is 17.4 Å². The predicted octanol–water partition coefficient (Wildman–Crippen LogP) is 5.53. The second kappa shape index (κ2) is 14.1. The smallest absolute Gasteiger partial charge is 0.264 e. The van der Waals surface area contributed by atoms with Crippen molar-refractivity contribution < 1.29 is 18.0 Å². The Balaban J connectivity index is 2.03. The number of sulfonamides is 1. The van der Waals surface area contributed by atoms with Gasteiger partial charge in [-0.25, -0.2) is 8.42 Å². The zero-order chi connectivity index (χ0) is 29.3. The Morgan fingerprint density at radius 1 is 0.850 bits per heavy atom. The van der Waals surface area contributed by atoms with Crippen LogP contribution in [0.15, 0.2) is 77.7 Å². The number of nitrogens with one attached hydrogen (secondary N) is 1. The molecule has 7 nitrogen and oxygen atoms in total. The Hall–Kier alpha value is -3.65. The van der Waals surface area contributed by atoms with E-state index in [1.165, 1.54) is 4.90 Å². The molecule has 40 heavy (non-hydrogen) atoms. The molecular formula is C32H41N3O4S. The van der Waals surface area contributed by atoms with Crippen molar-refractivity contribution >= 4 is 27.5 Å². The van der Waals surface area contributed by atoms with Crippen LogP contribution in [0.4, 0.5) is 5.69 Å². The fraction of sp³-hybridized carbons (Fsp3) is 0.375. The van der Waals surface area contributed by atoms with Crippen LogP contribution in [-0.4, -0.2) is 44.3 Å². The van der Waals surface area contributed by atoms with E-state index in [9.17, 15) is 18.0 Å². The fourth-order valence-electron chi connectivity index (χ4n) is 4.47. The zero-order valence-electron chi connectivity index (χ0n) is 24.2. The number of benzene rings is 3. The van der Waals surface area contributed by atoms with E-state index in [0.29, 0.717) is 18.7 Å². The highest BCUT2D eigenvalue weighted by Gasteiger charge is 2.33. The highest BCUT2D eigenvalue weighted by atomic mass is 32.2. The number of anilines is 1. The Bertz CT molecular complexity index is 1390. The van der Waals surface area contributed by atoms with Crippen molar-refractivity contribution in [3.05, 3.63) is 95.1 Å². The molecule has 0 saturated carbocycles.